The van der Waals surface area contributed by atoms with Crippen LogP contribution < -0.4 is 14.2 Å². The van der Waals surface area contributed by atoms with Gasteiger partial charge < -0.3 is 18.9 Å². The molecule has 4 rings (SSSR count). The van der Waals surface area contributed by atoms with E-state index in [1.165, 1.54) is 7.11 Å². The van der Waals surface area contributed by atoms with Gasteiger partial charge in [-0.2, -0.15) is 0 Å². The predicted molar refractivity (Wildman–Crippen MR) is 97.0 cm³/mol. The zero-order valence-corrected chi connectivity index (χ0v) is 15.7. The van der Waals surface area contributed by atoms with Gasteiger partial charge in [-0.15, -0.1) is 0 Å². The fourth-order valence-corrected chi connectivity index (χ4v) is 3.81. The summed E-state index contributed by atoms with van der Waals surface area (Å²) in [6.07, 6.45) is -0.0950. The number of hydrogen-bond donors (Lipinski definition) is 0. The van der Waals surface area contributed by atoms with Gasteiger partial charge in [0.15, 0.2) is 5.75 Å². The maximum absolute atomic E-state index is 11.5. The molecule has 0 amide bonds. The van der Waals surface area contributed by atoms with Crippen molar-refractivity contribution in [3.63, 3.8) is 0 Å². The van der Waals surface area contributed by atoms with Crippen molar-refractivity contribution in [1.29, 1.82) is 0 Å². The third-order valence-corrected chi connectivity index (χ3v) is 5.55. The fraction of sp³-hybridized carbons (Fsp3) is 0.316. The first-order chi connectivity index (χ1) is 12.4. The molecule has 2 heterocycles. The molecule has 1 unspecified atom stereocenters. The number of benzene rings is 2. The molecule has 1 atom stereocenters. The van der Waals surface area contributed by atoms with Gasteiger partial charge >= 0.3 is 6.16 Å². The average molecular weight is 395 g/mol. The minimum Gasteiger partial charge on any atom is -0.492 e. The summed E-state index contributed by atoms with van der Waals surface area (Å²) >= 11 is 12.4. The molecule has 0 fully saturated rings. The molecule has 2 aliphatic rings. The topological polar surface area (TPSA) is 54.0 Å². The Labute approximate surface area is 160 Å². The molecule has 7 heteroatoms. The van der Waals surface area contributed by atoms with Gasteiger partial charge in [0.25, 0.3) is 0 Å². The monoisotopic (exact) mass is 394 g/mol. The van der Waals surface area contributed by atoms with E-state index in [9.17, 15) is 4.79 Å². The van der Waals surface area contributed by atoms with Crippen LogP contribution in [0, 0.1) is 6.92 Å². The summed E-state index contributed by atoms with van der Waals surface area (Å²) in [5.74, 6) is 1.70. The number of carbonyl (C=O) groups is 1. The SMILES string of the molecule is COC(=O)Oc1cc2c(cc1Cl)OCC21COc2cc(Cl)c(C)cc2C1. The van der Waals surface area contributed by atoms with Gasteiger partial charge in [-0.3, -0.25) is 0 Å². The second kappa shape index (κ2) is 6.25. The number of carbonyl (C=O) groups excluding carboxylic acids is 1. The first-order valence-electron chi connectivity index (χ1n) is 8.06. The molecule has 0 aromatic heterocycles. The molecule has 2 aromatic rings. The summed E-state index contributed by atoms with van der Waals surface area (Å²) in [4.78, 5) is 11.5. The van der Waals surface area contributed by atoms with Crippen LogP contribution in [0.15, 0.2) is 24.3 Å². The highest BCUT2D eigenvalue weighted by Crippen LogP contribution is 2.48. The highest BCUT2D eigenvalue weighted by atomic mass is 35.5. The Morgan fingerprint density at radius 1 is 1.08 bits per heavy atom. The van der Waals surface area contributed by atoms with E-state index in [2.05, 4.69) is 4.74 Å². The van der Waals surface area contributed by atoms with Crippen LogP contribution in [0.1, 0.15) is 16.7 Å². The Morgan fingerprint density at radius 3 is 2.50 bits per heavy atom. The van der Waals surface area contributed by atoms with Crippen molar-refractivity contribution >= 4 is 29.4 Å². The molecule has 26 heavy (non-hydrogen) atoms. The number of halogens is 2. The number of rotatable bonds is 1. The maximum Gasteiger partial charge on any atom is 0.513 e. The van der Waals surface area contributed by atoms with Crippen molar-refractivity contribution < 1.29 is 23.7 Å². The predicted octanol–water partition coefficient (Wildman–Crippen LogP) is 4.71. The van der Waals surface area contributed by atoms with Crippen molar-refractivity contribution in [2.24, 2.45) is 0 Å². The smallest absolute Gasteiger partial charge is 0.492 e. The third kappa shape index (κ3) is 2.75. The molecule has 0 saturated carbocycles. The van der Waals surface area contributed by atoms with E-state index in [-0.39, 0.29) is 16.2 Å². The summed E-state index contributed by atoms with van der Waals surface area (Å²) in [5.41, 5.74) is 2.59. The van der Waals surface area contributed by atoms with Crippen LogP contribution in [0.2, 0.25) is 10.0 Å². The molecular weight excluding hydrogens is 379 g/mol. The Bertz CT molecular complexity index is 911. The molecule has 0 N–H and O–H groups in total. The molecule has 5 nitrogen and oxygen atoms in total. The first kappa shape index (κ1) is 17.3. The van der Waals surface area contributed by atoms with Crippen LogP contribution in [-0.2, 0) is 16.6 Å². The third-order valence-electron chi connectivity index (χ3n) is 4.84. The van der Waals surface area contributed by atoms with E-state index < -0.39 is 6.16 Å². The normalized spacial score (nSPS) is 20.0. The first-order valence-corrected chi connectivity index (χ1v) is 8.82. The lowest BCUT2D eigenvalue weighted by molar-refractivity contribution is 0.121. The zero-order chi connectivity index (χ0) is 18.5. The Balaban J connectivity index is 1.74. The summed E-state index contributed by atoms with van der Waals surface area (Å²) < 4.78 is 21.6. The number of aryl methyl sites for hydroxylation is 1. The largest absolute Gasteiger partial charge is 0.513 e. The van der Waals surface area contributed by atoms with E-state index in [0.29, 0.717) is 24.0 Å². The van der Waals surface area contributed by atoms with E-state index in [4.69, 9.17) is 37.4 Å². The highest BCUT2D eigenvalue weighted by Gasteiger charge is 2.45. The van der Waals surface area contributed by atoms with Crippen LogP contribution >= 0.6 is 23.2 Å². The fourth-order valence-electron chi connectivity index (χ4n) is 3.47. The molecular formula is C19H16Cl2O5. The Morgan fingerprint density at radius 2 is 1.77 bits per heavy atom. The molecule has 2 aliphatic heterocycles. The molecule has 0 radical (unpaired) electrons. The van der Waals surface area contributed by atoms with Gasteiger partial charge in [0, 0.05) is 16.7 Å². The summed E-state index contributed by atoms with van der Waals surface area (Å²) in [6.45, 7) is 2.86. The van der Waals surface area contributed by atoms with Crippen molar-refractivity contribution in [2.75, 3.05) is 20.3 Å². The van der Waals surface area contributed by atoms with Gasteiger partial charge in [0.2, 0.25) is 0 Å². The molecule has 2 aromatic carbocycles. The maximum atomic E-state index is 11.5. The van der Waals surface area contributed by atoms with Gasteiger partial charge in [-0.1, -0.05) is 29.3 Å². The van der Waals surface area contributed by atoms with Crippen LogP contribution in [0.5, 0.6) is 17.2 Å². The van der Waals surface area contributed by atoms with E-state index in [0.717, 1.165) is 28.9 Å². The number of fused-ring (bicyclic) bond motifs is 3. The Hall–Kier alpha value is -2.11. The minimum absolute atomic E-state index is 0.236. The average Bonchev–Trinajstić information content (AvgIpc) is 2.94. The molecule has 0 bridgehead atoms. The van der Waals surface area contributed by atoms with Crippen LogP contribution in [0.4, 0.5) is 4.79 Å². The lowest BCUT2D eigenvalue weighted by Crippen LogP contribution is -2.40. The summed E-state index contributed by atoms with van der Waals surface area (Å²) in [7, 11) is 1.24. The number of hydrogen-bond acceptors (Lipinski definition) is 5. The van der Waals surface area contributed by atoms with Crippen molar-refractivity contribution in [3.05, 3.63) is 51.0 Å². The highest BCUT2D eigenvalue weighted by molar-refractivity contribution is 6.32. The standard InChI is InChI=1S/C19H16Cl2O5/c1-10-3-11-7-19(8-24-15(11)5-13(10)20)9-25-16-6-14(21)17(4-12(16)19)26-18(22)23-2/h3-6H,7-9H2,1-2H3. The van der Waals surface area contributed by atoms with Crippen LogP contribution in [0.3, 0.4) is 0 Å². The van der Waals surface area contributed by atoms with Gasteiger partial charge in [-0.05, 0) is 36.6 Å². The van der Waals surface area contributed by atoms with Crippen molar-refractivity contribution in [3.8, 4) is 17.2 Å². The zero-order valence-electron chi connectivity index (χ0n) is 14.2. The van der Waals surface area contributed by atoms with Gasteiger partial charge in [-0.25, -0.2) is 4.79 Å². The lowest BCUT2D eigenvalue weighted by Gasteiger charge is -2.34. The van der Waals surface area contributed by atoms with Crippen LogP contribution in [-0.4, -0.2) is 26.5 Å². The molecule has 0 aliphatic carbocycles. The van der Waals surface area contributed by atoms with Crippen molar-refractivity contribution in [1.82, 2.24) is 0 Å². The van der Waals surface area contributed by atoms with E-state index in [1.54, 1.807) is 12.1 Å². The van der Waals surface area contributed by atoms with E-state index in [1.807, 2.05) is 19.1 Å². The number of ether oxygens (including phenoxy) is 4. The van der Waals surface area contributed by atoms with Crippen LogP contribution in [0.25, 0.3) is 0 Å². The molecule has 136 valence electrons. The molecule has 0 saturated heterocycles. The van der Waals surface area contributed by atoms with Gasteiger partial charge in [0.1, 0.15) is 24.7 Å². The quantitative estimate of drug-likeness (QED) is 0.517. The van der Waals surface area contributed by atoms with Crippen molar-refractivity contribution in [2.45, 2.75) is 18.8 Å². The van der Waals surface area contributed by atoms with E-state index >= 15 is 0 Å². The second-order valence-corrected chi connectivity index (χ2v) is 7.39. The molecule has 1 spiro atoms. The van der Waals surface area contributed by atoms with Gasteiger partial charge in [0.05, 0.1) is 17.5 Å². The Kier molecular flexibility index (Phi) is 4.16. The number of methoxy groups -OCH3 is 1. The minimum atomic E-state index is -0.824. The lowest BCUT2D eigenvalue weighted by atomic mass is 9.76. The summed E-state index contributed by atoms with van der Waals surface area (Å²) in [5, 5.41) is 0.967. The summed E-state index contributed by atoms with van der Waals surface area (Å²) in [6, 6.07) is 7.28. The second-order valence-electron chi connectivity index (χ2n) is 6.58.